The molecule has 0 saturated carbocycles. The fourth-order valence-electron chi connectivity index (χ4n) is 4.96. The first-order valence-corrected chi connectivity index (χ1v) is 9.70. The van der Waals surface area contributed by atoms with E-state index in [1.165, 1.54) is 50.0 Å². The number of aryl methyl sites for hydroxylation is 3. The normalized spacial score (nSPS) is 15.0. The van der Waals surface area contributed by atoms with Crippen LogP contribution in [-0.2, 0) is 5.54 Å². The van der Waals surface area contributed by atoms with Crippen molar-refractivity contribution in [2.45, 2.75) is 53.0 Å². The van der Waals surface area contributed by atoms with E-state index in [9.17, 15) is 0 Å². The third kappa shape index (κ3) is 2.13. The number of hydrogen-bond donors (Lipinski definition) is 0. The monoisotopic (exact) mass is 342 g/mol. The Balaban J connectivity index is 2.24. The number of fused-ring (bicyclic) bond motifs is 5. The van der Waals surface area contributed by atoms with Crippen LogP contribution in [-0.4, -0.2) is 0 Å². The van der Waals surface area contributed by atoms with E-state index in [1.807, 2.05) is 0 Å². The zero-order valence-electron chi connectivity index (χ0n) is 16.6. The Morgan fingerprint density at radius 3 is 2.27 bits per heavy atom. The maximum absolute atomic E-state index is 4.65. The van der Waals surface area contributed by atoms with Crippen LogP contribution in [0.25, 0.3) is 27.7 Å². The minimum absolute atomic E-state index is 0.0738. The standard InChI is InChI=1S/C25H28N/c1-7-25(8-2)19(6)24-18(5)13-17(4)14-21(24)22-12-11-20-10-9-16(3)15-23(20)26(22)25/h9-15H,6-8H2,1-5H3/q+1. The van der Waals surface area contributed by atoms with Crippen molar-refractivity contribution in [1.29, 1.82) is 0 Å². The molecule has 3 aromatic rings. The van der Waals surface area contributed by atoms with Crippen LogP contribution in [0.3, 0.4) is 0 Å². The molecular formula is C25H28N+. The first-order chi connectivity index (χ1) is 12.4. The van der Waals surface area contributed by atoms with Gasteiger partial charge < -0.3 is 0 Å². The number of rotatable bonds is 2. The van der Waals surface area contributed by atoms with Crippen molar-refractivity contribution in [3.8, 4) is 11.3 Å². The molecule has 0 aliphatic carbocycles. The highest BCUT2D eigenvalue weighted by atomic mass is 15.1. The van der Waals surface area contributed by atoms with Gasteiger partial charge in [0.2, 0.25) is 11.2 Å². The molecule has 1 nitrogen and oxygen atoms in total. The van der Waals surface area contributed by atoms with Crippen LogP contribution < -0.4 is 4.57 Å². The highest BCUT2D eigenvalue weighted by Gasteiger charge is 2.48. The lowest BCUT2D eigenvalue weighted by Gasteiger charge is -2.36. The predicted octanol–water partition coefficient (Wildman–Crippen LogP) is 6.26. The Labute approximate surface area is 157 Å². The minimum atomic E-state index is -0.0738. The average molecular weight is 343 g/mol. The predicted molar refractivity (Wildman–Crippen MR) is 111 cm³/mol. The van der Waals surface area contributed by atoms with Crippen LogP contribution in [0.15, 0.2) is 49.0 Å². The second kappa shape index (κ2) is 5.81. The van der Waals surface area contributed by atoms with Crippen LogP contribution in [0, 0.1) is 20.8 Å². The lowest BCUT2D eigenvalue weighted by Crippen LogP contribution is -2.59. The van der Waals surface area contributed by atoms with Gasteiger partial charge in [0.25, 0.3) is 0 Å². The second-order valence-corrected chi connectivity index (χ2v) is 7.84. The van der Waals surface area contributed by atoms with Crippen LogP contribution in [0.5, 0.6) is 0 Å². The third-order valence-electron chi connectivity index (χ3n) is 6.31. The number of hydrogen-bond acceptors (Lipinski definition) is 0. The van der Waals surface area contributed by atoms with Crippen molar-refractivity contribution < 1.29 is 4.57 Å². The van der Waals surface area contributed by atoms with Gasteiger partial charge in [-0.25, -0.2) is 0 Å². The van der Waals surface area contributed by atoms with Crippen molar-refractivity contribution in [1.82, 2.24) is 0 Å². The lowest BCUT2D eigenvalue weighted by atomic mass is 9.73. The van der Waals surface area contributed by atoms with E-state index >= 15 is 0 Å². The summed E-state index contributed by atoms with van der Waals surface area (Å²) in [4.78, 5) is 0. The summed E-state index contributed by atoms with van der Waals surface area (Å²) in [6.45, 7) is 15.8. The largest absolute Gasteiger partial charge is 0.214 e. The van der Waals surface area contributed by atoms with Gasteiger partial charge in [-0.2, -0.15) is 4.57 Å². The summed E-state index contributed by atoms with van der Waals surface area (Å²) in [6, 6.07) is 16.0. The molecule has 2 heterocycles. The Morgan fingerprint density at radius 2 is 1.58 bits per heavy atom. The van der Waals surface area contributed by atoms with Crippen molar-refractivity contribution in [3.63, 3.8) is 0 Å². The summed E-state index contributed by atoms with van der Waals surface area (Å²) in [5.74, 6) is 0. The zero-order chi connectivity index (χ0) is 18.6. The van der Waals surface area contributed by atoms with Crippen molar-refractivity contribution in [2.75, 3.05) is 0 Å². The number of aromatic nitrogens is 1. The maximum atomic E-state index is 4.65. The highest BCUT2D eigenvalue weighted by Crippen LogP contribution is 2.46. The molecular weight excluding hydrogens is 314 g/mol. The Hall–Kier alpha value is -2.41. The van der Waals surface area contributed by atoms with Crippen LogP contribution in [0.1, 0.15) is 48.9 Å². The zero-order valence-corrected chi connectivity index (χ0v) is 16.6. The second-order valence-electron chi connectivity index (χ2n) is 7.84. The third-order valence-corrected chi connectivity index (χ3v) is 6.31. The first-order valence-electron chi connectivity index (χ1n) is 9.70. The minimum Gasteiger partial charge on any atom is -0.182 e. The number of nitrogens with zero attached hydrogens (tertiary/aromatic N) is 1. The first kappa shape index (κ1) is 17.0. The summed E-state index contributed by atoms with van der Waals surface area (Å²) in [5, 5.41) is 1.30. The number of pyridine rings is 1. The van der Waals surface area contributed by atoms with Gasteiger partial charge in [-0.15, -0.1) is 0 Å². The molecule has 0 fully saturated rings. The molecule has 1 aliphatic heterocycles. The molecule has 1 aromatic heterocycles. The molecule has 0 spiro atoms. The van der Waals surface area contributed by atoms with Gasteiger partial charge in [0.15, 0.2) is 5.54 Å². The summed E-state index contributed by atoms with van der Waals surface area (Å²) in [6.07, 6.45) is 2.08. The lowest BCUT2D eigenvalue weighted by molar-refractivity contribution is -0.718. The maximum Gasteiger partial charge on any atom is 0.214 e. The SMILES string of the molecule is C=C1c2c(C)cc(C)cc2-c2ccc3ccc(C)cc3[n+]2C1(CC)CC. The molecule has 26 heavy (non-hydrogen) atoms. The van der Waals surface area contributed by atoms with E-state index in [-0.39, 0.29) is 5.54 Å². The van der Waals surface area contributed by atoms with E-state index in [4.69, 9.17) is 0 Å². The van der Waals surface area contributed by atoms with Crippen LogP contribution in [0.4, 0.5) is 0 Å². The molecule has 1 heteroatoms. The molecule has 1 aliphatic rings. The van der Waals surface area contributed by atoms with Crippen LogP contribution in [0.2, 0.25) is 0 Å². The topological polar surface area (TPSA) is 3.88 Å². The van der Waals surface area contributed by atoms with Gasteiger partial charge >= 0.3 is 0 Å². The summed E-state index contributed by atoms with van der Waals surface area (Å²) in [5.41, 5.74) is 10.5. The van der Waals surface area contributed by atoms with Gasteiger partial charge in [-0.3, -0.25) is 0 Å². The van der Waals surface area contributed by atoms with Crippen molar-refractivity contribution in [2.24, 2.45) is 0 Å². The molecule has 0 amide bonds. The van der Waals surface area contributed by atoms with Crippen LogP contribution >= 0.6 is 0 Å². The molecule has 0 atom stereocenters. The van der Waals surface area contributed by atoms with E-state index in [1.54, 1.807) is 0 Å². The van der Waals surface area contributed by atoms with Gasteiger partial charge in [0.05, 0.1) is 5.56 Å². The smallest absolute Gasteiger partial charge is 0.182 e. The molecule has 4 rings (SSSR count). The Morgan fingerprint density at radius 1 is 0.885 bits per heavy atom. The molecule has 0 unspecified atom stereocenters. The van der Waals surface area contributed by atoms with Gasteiger partial charge in [-0.05, 0) is 55.7 Å². The van der Waals surface area contributed by atoms with Gasteiger partial charge in [-0.1, -0.05) is 32.6 Å². The van der Waals surface area contributed by atoms with E-state index in [2.05, 4.69) is 88.2 Å². The quantitative estimate of drug-likeness (QED) is 0.484. The molecule has 0 bridgehead atoms. The molecule has 0 N–H and O–H groups in total. The molecule has 0 saturated heterocycles. The van der Waals surface area contributed by atoms with E-state index in [0.29, 0.717) is 0 Å². The number of benzene rings is 2. The van der Waals surface area contributed by atoms with E-state index < -0.39 is 0 Å². The fourth-order valence-corrected chi connectivity index (χ4v) is 4.96. The van der Waals surface area contributed by atoms with Gasteiger partial charge in [0, 0.05) is 41.5 Å². The van der Waals surface area contributed by atoms with Gasteiger partial charge in [0.1, 0.15) is 0 Å². The van der Waals surface area contributed by atoms with Crippen molar-refractivity contribution >= 4 is 16.5 Å². The average Bonchev–Trinajstić information content (AvgIpc) is 2.62. The highest BCUT2D eigenvalue weighted by molar-refractivity contribution is 5.88. The molecule has 0 radical (unpaired) electrons. The molecule has 2 aromatic carbocycles. The van der Waals surface area contributed by atoms with Crippen molar-refractivity contribution in [3.05, 3.63) is 71.3 Å². The van der Waals surface area contributed by atoms with E-state index in [0.717, 1.165) is 12.8 Å². The Bertz CT molecular complexity index is 1050. The number of allylic oxidation sites excluding steroid dienone is 1. The summed E-state index contributed by atoms with van der Waals surface area (Å²) < 4.78 is 2.58. The molecule has 132 valence electrons. The summed E-state index contributed by atoms with van der Waals surface area (Å²) in [7, 11) is 0. The summed E-state index contributed by atoms with van der Waals surface area (Å²) >= 11 is 0. The Kier molecular flexibility index (Phi) is 3.80. The fraction of sp³-hybridized carbons (Fsp3) is 0.320.